The van der Waals surface area contributed by atoms with Crippen molar-refractivity contribution in [2.45, 2.75) is 87.6 Å². The van der Waals surface area contributed by atoms with Crippen LogP contribution in [0.1, 0.15) is 65.2 Å². The molecule has 2 aliphatic heterocycles. The van der Waals surface area contributed by atoms with E-state index in [1.54, 1.807) is 13.3 Å². The Balaban J connectivity index is 1.28. The van der Waals surface area contributed by atoms with Crippen LogP contribution in [0.5, 0.6) is 11.6 Å². The van der Waals surface area contributed by atoms with Gasteiger partial charge in [0.15, 0.2) is 0 Å². The van der Waals surface area contributed by atoms with Gasteiger partial charge in [-0.15, -0.1) is 0 Å². The fraction of sp³-hybridized carbons (Fsp3) is 0.588. The maximum atomic E-state index is 14.1. The number of alkyl halides is 1. The van der Waals surface area contributed by atoms with Gasteiger partial charge in [-0.2, -0.15) is 0 Å². The van der Waals surface area contributed by atoms with Crippen LogP contribution in [0.4, 0.5) is 4.39 Å². The number of pyridine rings is 1. The fourth-order valence-corrected chi connectivity index (χ4v) is 8.55. The third-order valence-corrected chi connectivity index (χ3v) is 12.4. The minimum Gasteiger partial charge on any atom is -0.494 e. The number of hydrogen-bond donors (Lipinski definition) is 2. The first-order valence-electron chi connectivity index (χ1n) is 16.4. The molecule has 1 saturated heterocycles. The summed E-state index contributed by atoms with van der Waals surface area (Å²) in [6.07, 6.45) is 8.12. The lowest BCUT2D eigenvalue weighted by Gasteiger charge is -2.28. The molecule has 47 heavy (non-hydrogen) atoms. The van der Waals surface area contributed by atoms with Crippen LogP contribution in [0.15, 0.2) is 42.6 Å². The zero-order chi connectivity index (χ0) is 33.6. The monoisotopic (exact) mass is 670 g/mol. The predicted molar refractivity (Wildman–Crippen MR) is 173 cm³/mol. The molecule has 3 heterocycles. The molecule has 3 amide bonds. The van der Waals surface area contributed by atoms with Gasteiger partial charge in [0.25, 0.3) is 5.91 Å². The van der Waals surface area contributed by atoms with Gasteiger partial charge in [-0.3, -0.25) is 19.1 Å². The molecule has 254 valence electrons. The standard InChI is InChI=1S/C34H43FN4O7S/c1-21-8-4-5-9-23-17-34(23,32(42)38-47(43,44)33(20-35)12-13-33)37-30(41)27-16-24(19-39(27)29(40)15-22(2)14-21)46-31-26-11-7-6-10-25(26)28(45-3)18-36-31/h5-7,9-11,18,21-24,27H,4,8,12-17,19-20H2,1-3H3,(H,37,41)(H,38,42)/b9-5-/t21-,22+,23+,24+,27-,34+/m0/s1. The van der Waals surface area contributed by atoms with E-state index in [0.717, 1.165) is 30.0 Å². The van der Waals surface area contributed by atoms with E-state index >= 15 is 0 Å². The number of fused-ring (bicyclic) bond motifs is 3. The van der Waals surface area contributed by atoms with Gasteiger partial charge in [0.05, 0.1) is 19.9 Å². The summed E-state index contributed by atoms with van der Waals surface area (Å²) in [5.74, 6) is -0.727. The number of allylic oxidation sites excluding steroid dienone is 1. The van der Waals surface area contributed by atoms with Gasteiger partial charge in [0.1, 0.15) is 34.9 Å². The highest BCUT2D eigenvalue weighted by Gasteiger charge is 2.64. The molecule has 11 nitrogen and oxygen atoms in total. The van der Waals surface area contributed by atoms with Gasteiger partial charge in [0, 0.05) is 29.5 Å². The highest BCUT2D eigenvalue weighted by Crippen LogP contribution is 2.48. The van der Waals surface area contributed by atoms with Crippen molar-refractivity contribution >= 4 is 38.5 Å². The number of rotatable bonds is 7. The number of amides is 3. The molecule has 1 aromatic carbocycles. The van der Waals surface area contributed by atoms with Crippen molar-refractivity contribution in [2.75, 3.05) is 20.3 Å². The van der Waals surface area contributed by atoms with Gasteiger partial charge in [0.2, 0.25) is 27.7 Å². The summed E-state index contributed by atoms with van der Waals surface area (Å²) in [4.78, 5) is 47.5. The average Bonchev–Trinajstić information content (AvgIpc) is 3.94. The zero-order valence-corrected chi connectivity index (χ0v) is 27.9. The van der Waals surface area contributed by atoms with Gasteiger partial charge >= 0.3 is 0 Å². The molecule has 2 saturated carbocycles. The molecule has 1 aromatic heterocycles. The Bertz CT molecular complexity index is 1700. The number of sulfonamides is 1. The normalized spacial score (nSPS) is 31.4. The molecule has 2 N–H and O–H groups in total. The number of nitrogens with one attached hydrogen (secondary N) is 2. The Morgan fingerprint density at radius 1 is 1.15 bits per heavy atom. The summed E-state index contributed by atoms with van der Waals surface area (Å²) in [7, 11) is -2.74. The molecule has 0 unspecified atom stereocenters. The summed E-state index contributed by atoms with van der Waals surface area (Å²) in [6.45, 7) is 3.23. The summed E-state index contributed by atoms with van der Waals surface area (Å²) < 4.78 is 52.0. The Labute approximate surface area is 274 Å². The summed E-state index contributed by atoms with van der Waals surface area (Å²) in [5.41, 5.74) is -1.53. The number of carbonyl (C=O) groups is 3. The maximum Gasteiger partial charge on any atom is 0.259 e. The zero-order valence-electron chi connectivity index (χ0n) is 27.0. The van der Waals surface area contributed by atoms with E-state index in [-0.39, 0.29) is 50.5 Å². The van der Waals surface area contributed by atoms with Crippen molar-refractivity contribution in [3.05, 3.63) is 42.6 Å². The van der Waals surface area contributed by atoms with Crippen LogP contribution < -0.4 is 19.5 Å². The lowest BCUT2D eigenvalue weighted by Crippen LogP contribution is -2.57. The van der Waals surface area contributed by atoms with Crippen molar-refractivity contribution in [3.63, 3.8) is 0 Å². The molecular formula is C34H43FN4O7S. The van der Waals surface area contributed by atoms with E-state index < -0.39 is 56.9 Å². The number of methoxy groups -OCH3 is 1. The SMILES string of the molecule is COc1cnc(O[C@@H]2C[C@H]3C(=O)N[C@]4(C(=O)NS(=O)(=O)C5(CF)CC5)C[C@H]4/C=C\CC[C@H](C)C[C@@H](C)CC(=O)N3C2)c2ccccc12. The van der Waals surface area contributed by atoms with Gasteiger partial charge in [-0.05, 0) is 56.4 Å². The Morgan fingerprint density at radius 3 is 2.60 bits per heavy atom. The molecule has 0 spiro atoms. The number of hydrogen-bond acceptors (Lipinski definition) is 8. The molecule has 4 aliphatic rings. The van der Waals surface area contributed by atoms with E-state index in [1.807, 2.05) is 43.3 Å². The largest absolute Gasteiger partial charge is 0.494 e. The van der Waals surface area contributed by atoms with Crippen LogP contribution in [0.25, 0.3) is 10.8 Å². The fourth-order valence-electron chi connectivity index (χ4n) is 7.13. The number of ether oxygens (including phenoxy) is 2. The molecule has 0 radical (unpaired) electrons. The van der Waals surface area contributed by atoms with E-state index in [9.17, 15) is 27.2 Å². The molecule has 0 bridgehead atoms. The summed E-state index contributed by atoms with van der Waals surface area (Å²) in [5, 5.41) is 4.38. The van der Waals surface area contributed by atoms with Crippen molar-refractivity contribution in [1.82, 2.24) is 19.9 Å². The van der Waals surface area contributed by atoms with Crippen molar-refractivity contribution in [3.8, 4) is 11.6 Å². The van der Waals surface area contributed by atoms with Crippen LogP contribution in [0.3, 0.4) is 0 Å². The topological polar surface area (TPSA) is 144 Å². The molecule has 2 aliphatic carbocycles. The van der Waals surface area contributed by atoms with Crippen LogP contribution in [-0.2, 0) is 24.4 Å². The quantitative estimate of drug-likeness (QED) is 0.424. The lowest BCUT2D eigenvalue weighted by molar-refractivity contribution is -0.140. The van der Waals surface area contributed by atoms with E-state index in [4.69, 9.17) is 9.47 Å². The Hall–Kier alpha value is -3.74. The molecule has 6 atom stereocenters. The highest BCUT2D eigenvalue weighted by molar-refractivity contribution is 7.91. The van der Waals surface area contributed by atoms with E-state index in [1.165, 1.54) is 4.90 Å². The summed E-state index contributed by atoms with van der Waals surface area (Å²) >= 11 is 0. The van der Waals surface area contributed by atoms with E-state index in [2.05, 4.69) is 21.9 Å². The maximum absolute atomic E-state index is 14.1. The number of carbonyl (C=O) groups excluding carboxylic acids is 3. The second kappa shape index (κ2) is 12.7. The first-order valence-corrected chi connectivity index (χ1v) is 17.9. The van der Waals surface area contributed by atoms with Gasteiger partial charge in [-0.1, -0.05) is 44.2 Å². The van der Waals surface area contributed by atoms with Crippen molar-refractivity contribution in [2.24, 2.45) is 17.8 Å². The number of benzene rings is 1. The smallest absolute Gasteiger partial charge is 0.259 e. The van der Waals surface area contributed by atoms with Crippen LogP contribution in [0.2, 0.25) is 0 Å². The summed E-state index contributed by atoms with van der Waals surface area (Å²) in [6, 6.07) is 6.54. The third kappa shape index (κ3) is 6.42. The second-order valence-corrected chi connectivity index (χ2v) is 16.0. The first kappa shape index (κ1) is 33.2. The molecule has 13 heteroatoms. The average molecular weight is 671 g/mol. The molecule has 3 fully saturated rings. The lowest BCUT2D eigenvalue weighted by atomic mass is 9.91. The Morgan fingerprint density at radius 2 is 1.89 bits per heavy atom. The number of halogens is 1. The van der Waals surface area contributed by atoms with Crippen LogP contribution in [0, 0.1) is 17.8 Å². The number of nitrogens with zero attached hydrogens (tertiary/aromatic N) is 2. The van der Waals surface area contributed by atoms with Gasteiger partial charge < -0.3 is 19.7 Å². The molecular weight excluding hydrogens is 627 g/mol. The minimum atomic E-state index is -4.30. The van der Waals surface area contributed by atoms with Crippen LogP contribution in [-0.4, -0.2) is 78.8 Å². The minimum absolute atomic E-state index is 0.0865. The van der Waals surface area contributed by atoms with Gasteiger partial charge in [-0.25, -0.2) is 17.8 Å². The highest BCUT2D eigenvalue weighted by atomic mass is 32.2. The van der Waals surface area contributed by atoms with E-state index in [0.29, 0.717) is 17.5 Å². The number of aromatic nitrogens is 1. The second-order valence-electron chi connectivity index (χ2n) is 13.9. The third-order valence-electron chi connectivity index (χ3n) is 10.2. The Kier molecular flexibility index (Phi) is 8.96. The van der Waals surface area contributed by atoms with Crippen molar-refractivity contribution in [1.29, 1.82) is 0 Å². The predicted octanol–water partition coefficient (Wildman–Crippen LogP) is 3.82. The molecule has 2 aromatic rings. The van der Waals surface area contributed by atoms with Crippen molar-refractivity contribution < 1.29 is 36.7 Å². The first-order chi connectivity index (χ1) is 22.4. The molecule has 6 rings (SSSR count). The van der Waals surface area contributed by atoms with Crippen LogP contribution >= 0.6 is 0 Å².